The van der Waals surface area contributed by atoms with Gasteiger partial charge in [0, 0.05) is 17.5 Å². The van der Waals surface area contributed by atoms with E-state index in [4.69, 9.17) is 0 Å². The van der Waals surface area contributed by atoms with Gasteiger partial charge >= 0.3 is 0 Å². The Labute approximate surface area is 104 Å². The zero-order valence-electron chi connectivity index (χ0n) is 9.94. The predicted octanol–water partition coefficient (Wildman–Crippen LogP) is 2.17. The average Bonchev–Trinajstić information content (AvgIpc) is 2.30. The largest absolute Gasteiger partial charge is 0.301 e. The quantitative estimate of drug-likeness (QED) is 0.652. The van der Waals surface area contributed by atoms with Gasteiger partial charge in [-0.3, -0.25) is 9.78 Å². The molecule has 0 fully saturated rings. The molecular formula is C12H13N3OS. The highest BCUT2D eigenvalue weighted by Gasteiger charge is 2.10. The number of hydrogen-bond acceptors (Lipinski definition) is 4. The van der Waals surface area contributed by atoms with E-state index < -0.39 is 0 Å². The molecule has 4 nitrogen and oxygen atoms in total. The molecule has 2 aromatic heterocycles. The van der Waals surface area contributed by atoms with Gasteiger partial charge in [-0.2, -0.15) is 0 Å². The van der Waals surface area contributed by atoms with Gasteiger partial charge in [-0.05, 0) is 26.2 Å². The van der Waals surface area contributed by atoms with Crippen molar-refractivity contribution in [3.05, 3.63) is 40.1 Å². The number of hydrogen-bond donors (Lipinski definition) is 1. The summed E-state index contributed by atoms with van der Waals surface area (Å²) in [5.41, 5.74) is 2.93. The molecule has 17 heavy (non-hydrogen) atoms. The fraction of sp³-hybridized carbons (Fsp3) is 0.250. The molecule has 2 heterocycles. The van der Waals surface area contributed by atoms with Crippen LogP contribution in [-0.2, 0) is 0 Å². The molecule has 0 aliphatic carbocycles. The molecule has 1 N–H and O–H groups in total. The van der Waals surface area contributed by atoms with Crippen LogP contribution in [0.2, 0.25) is 0 Å². The van der Waals surface area contributed by atoms with Crippen molar-refractivity contribution in [3.63, 3.8) is 0 Å². The van der Waals surface area contributed by atoms with Crippen molar-refractivity contribution in [3.8, 4) is 11.1 Å². The summed E-state index contributed by atoms with van der Waals surface area (Å²) in [4.78, 5) is 23.2. The van der Waals surface area contributed by atoms with Crippen LogP contribution in [0, 0.1) is 13.8 Å². The van der Waals surface area contributed by atoms with Gasteiger partial charge in [0.2, 0.25) is 0 Å². The Bertz CT molecular complexity index is 590. The molecule has 2 aromatic rings. The lowest BCUT2D eigenvalue weighted by Crippen LogP contribution is -2.13. The lowest BCUT2D eigenvalue weighted by molar-refractivity contribution is 0.911. The van der Waals surface area contributed by atoms with Crippen molar-refractivity contribution >= 4 is 11.8 Å². The Morgan fingerprint density at radius 2 is 2.06 bits per heavy atom. The minimum atomic E-state index is -0.118. The van der Waals surface area contributed by atoms with Gasteiger partial charge in [0.1, 0.15) is 0 Å². The third-order valence-corrected chi connectivity index (χ3v) is 3.05. The van der Waals surface area contributed by atoms with Crippen LogP contribution in [0.5, 0.6) is 0 Å². The maximum Gasteiger partial charge on any atom is 0.259 e. The second-order valence-corrected chi connectivity index (χ2v) is 4.52. The molecule has 0 saturated heterocycles. The number of rotatable bonds is 2. The van der Waals surface area contributed by atoms with E-state index in [1.54, 1.807) is 6.20 Å². The van der Waals surface area contributed by atoms with Crippen LogP contribution in [0.4, 0.5) is 0 Å². The van der Waals surface area contributed by atoms with E-state index in [-0.39, 0.29) is 5.56 Å². The van der Waals surface area contributed by atoms with Gasteiger partial charge in [0.05, 0.1) is 11.3 Å². The van der Waals surface area contributed by atoms with Gasteiger partial charge in [-0.1, -0.05) is 17.8 Å². The Morgan fingerprint density at radius 3 is 2.59 bits per heavy atom. The molecule has 2 rings (SSSR count). The first kappa shape index (κ1) is 11.9. The third kappa shape index (κ3) is 2.39. The fourth-order valence-electron chi connectivity index (χ4n) is 1.61. The first-order chi connectivity index (χ1) is 8.11. The maximum absolute atomic E-state index is 12.0. The predicted molar refractivity (Wildman–Crippen MR) is 69.3 cm³/mol. The SMILES string of the molecule is CSc1nc(C)c(-c2ccc(C)nc2)c(=O)[nH]1. The topological polar surface area (TPSA) is 58.6 Å². The minimum absolute atomic E-state index is 0.118. The number of aromatic amines is 1. The highest BCUT2D eigenvalue weighted by Crippen LogP contribution is 2.18. The Hall–Kier alpha value is -1.62. The summed E-state index contributed by atoms with van der Waals surface area (Å²) >= 11 is 1.42. The zero-order valence-corrected chi connectivity index (χ0v) is 10.8. The molecule has 0 aliphatic heterocycles. The smallest absolute Gasteiger partial charge is 0.259 e. The molecule has 5 heteroatoms. The van der Waals surface area contributed by atoms with Gasteiger partial charge < -0.3 is 4.98 Å². The van der Waals surface area contributed by atoms with E-state index in [1.807, 2.05) is 32.2 Å². The van der Waals surface area contributed by atoms with Crippen molar-refractivity contribution in [2.24, 2.45) is 0 Å². The number of H-pyrrole nitrogens is 1. The molecule has 0 amide bonds. The first-order valence-electron chi connectivity index (χ1n) is 5.19. The summed E-state index contributed by atoms with van der Waals surface area (Å²) < 4.78 is 0. The lowest BCUT2D eigenvalue weighted by atomic mass is 10.1. The Balaban J connectivity index is 2.60. The van der Waals surface area contributed by atoms with Crippen molar-refractivity contribution in [2.75, 3.05) is 6.26 Å². The number of thioether (sulfide) groups is 1. The van der Waals surface area contributed by atoms with Crippen LogP contribution >= 0.6 is 11.8 Å². The van der Waals surface area contributed by atoms with E-state index in [1.165, 1.54) is 11.8 Å². The van der Waals surface area contributed by atoms with E-state index in [2.05, 4.69) is 15.0 Å². The number of nitrogens with one attached hydrogen (secondary N) is 1. The lowest BCUT2D eigenvalue weighted by Gasteiger charge is -2.05. The number of aromatic nitrogens is 3. The second kappa shape index (κ2) is 4.71. The van der Waals surface area contributed by atoms with Crippen molar-refractivity contribution in [1.29, 1.82) is 0 Å². The van der Waals surface area contributed by atoms with Crippen molar-refractivity contribution in [1.82, 2.24) is 15.0 Å². The van der Waals surface area contributed by atoms with Gasteiger partial charge in [0.15, 0.2) is 5.16 Å². The number of aryl methyl sites for hydroxylation is 2. The molecule has 88 valence electrons. The van der Waals surface area contributed by atoms with Crippen LogP contribution < -0.4 is 5.56 Å². The zero-order chi connectivity index (χ0) is 12.4. The van der Waals surface area contributed by atoms with Crippen LogP contribution in [0.25, 0.3) is 11.1 Å². The highest BCUT2D eigenvalue weighted by atomic mass is 32.2. The summed E-state index contributed by atoms with van der Waals surface area (Å²) in [6, 6.07) is 3.77. The summed E-state index contributed by atoms with van der Waals surface area (Å²) in [7, 11) is 0. The fourth-order valence-corrected chi connectivity index (χ4v) is 2.04. The normalized spacial score (nSPS) is 10.5. The van der Waals surface area contributed by atoms with E-state index in [0.717, 1.165) is 17.0 Å². The molecule has 0 spiro atoms. The third-order valence-electron chi connectivity index (χ3n) is 2.47. The minimum Gasteiger partial charge on any atom is -0.301 e. The molecular weight excluding hydrogens is 234 g/mol. The Kier molecular flexibility index (Phi) is 3.28. The first-order valence-corrected chi connectivity index (χ1v) is 6.42. The van der Waals surface area contributed by atoms with E-state index in [9.17, 15) is 4.79 Å². The van der Waals surface area contributed by atoms with Crippen LogP contribution in [0.1, 0.15) is 11.4 Å². The van der Waals surface area contributed by atoms with Crippen LogP contribution in [0.3, 0.4) is 0 Å². The molecule has 0 saturated carbocycles. The van der Waals surface area contributed by atoms with E-state index in [0.29, 0.717) is 10.7 Å². The number of nitrogens with zero attached hydrogens (tertiary/aromatic N) is 2. The molecule has 0 atom stereocenters. The maximum atomic E-state index is 12.0. The number of pyridine rings is 1. The van der Waals surface area contributed by atoms with Gasteiger partial charge in [0.25, 0.3) is 5.56 Å². The molecule has 0 radical (unpaired) electrons. The van der Waals surface area contributed by atoms with Crippen LogP contribution in [0.15, 0.2) is 28.3 Å². The molecule has 0 aromatic carbocycles. The Morgan fingerprint density at radius 1 is 1.29 bits per heavy atom. The summed E-state index contributed by atoms with van der Waals surface area (Å²) in [6.07, 6.45) is 3.58. The summed E-state index contributed by atoms with van der Waals surface area (Å²) in [6.45, 7) is 3.75. The highest BCUT2D eigenvalue weighted by molar-refractivity contribution is 7.98. The summed E-state index contributed by atoms with van der Waals surface area (Å²) in [5.74, 6) is 0. The van der Waals surface area contributed by atoms with Crippen LogP contribution in [-0.4, -0.2) is 21.2 Å². The van der Waals surface area contributed by atoms with Gasteiger partial charge in [-0.25, -0.2) is 4.98 Å². The van der Waals surface area contributed by atoms with Crippen molar-refractivity contribution < 1.29 is 0 Å². The summed E-state index contributed by atoms with van der Waals surface area (Å²) in [5, 5.41) is 0.635. The monoisotopic (exact) mass is 247 g/mol. The molecule has 0 bridgehead atoms. The van der Waals surface area contributed by atoms with Crippen molar-refractivity contribution in [2.45, 2.75) is 19.0 Å². The molecule has 0 unspecified atom stereocenters. The standard InChI is InChI=1S/C12H13N3OS/c1-7-4-5-9(6-13-7)10-8(2)14-12(17-3)15-11(10)16/h4-6H,1-3H3,(H,14,15,16). The second-order valence-electron chi connectivity index (χ2n) is 3.72. The average molecular weight is 247 g/mol. The molecule has 0 aliphatic rings. The van der Waals surface area contributed by atoms with Gasteiger partial charge in [-0.15, -0.1) is 0 Å². The van der Waals surface area contributed by atoms with E-state index >= 15 is 0 Å².